The molecule has 1 N–H and O–H groups in total. The summed E-state index contributed by atoms with van der Waals surface area (Å²) in [7, 11) is -3.33. The molecule has 1 atom stereocenters. The van der Waals surface area contributed by atoms with Crippen molar-refractivity contribution in [1.82, 2.24) is 4.72 Å². The van der Waals surface area contributed by atoms with Crippen LogP contribution in [0.1, 0.15) is 32.1 Å². The van der Waals surface area contributed by atoms with Gasteiger partial charge in [-0.25, -0.2) is 13.1 Å². The third-order valence-electron chi connectivity index (χ3n) is 4.41. The van der Waals surface area contributed by atoms with Crippen LogP contribution in [0.4, 0.5) is 0 Å². The van der Waals surface area contributed by atoms with Gasteiger partial charge in [0.2, 0.25) is 10.0 Å². The average Bonchev–Trinajstić information content (AvgIpc) is 2.41. The van der Waals surface area contributed by atoms with Crippen LogP contribution in [0, 0.1) is 11.8 Å². The maximum absolute atomic E-state index is 12.3. The van der Waals surface area contributed by atoms with Gasteiger partial charge in [0.1, 0.15) is 0 Å². The second kappa shape index (κ2) is 4.67. The monoisotopic (exact) mass is 265 g/mol. The molecule has 1 aromatic rings. The molecule has 98 valence electrons. The lowest BCUT2D eigenvalue weighted by molar-refractivity contribution is 0.138. The van der Waals surface area contributed by atoms with Crippen molar-refractivity contribution in [3.8, 4) is 0 Å². The summed E-state index contributed by atoms with van der Waals surface area (Å²) >= 11 is 0. The van der Waals surface area contributed by atoms with E-state index >= 15 is 0 Å². The van der Waals surface area contributed by atoms with Gasteiger partial charge < -0.3 is 0 Å². The average molecular weight is 265 g/mol. The molecule has 18 heavy (non-hydrogen) atoms. The smallest absolute Gasteiger partial charge is 0.208 e. The van der Waals surface area contributed by atoms with Crippen LogP contribution in [-0.2, 0) is 10.0 Å². The van der Waals surface area contributed by atoms with Gasteiger partial charge in [0.05, 0.1) is 4.90 Å². The minimum Gasteiger partial charge on any atom is -0.208 e. The molecule has 2 bridgehead atoms. The molecule has 1 aromatic carbocycles. The Kier molecular flexibility index (Phi) is 3.16. The molecule has 0 amide bonds. The third kappa shape index (κ3) is 2.31. The maximum Gasteiger partial charge on any atom is 0.240 e. The third-order valence-corrected chi connectivity index (χ3v) is 5.91. The summed E-state index contributed by atoms with van der Waals surface area (Å²) in [4.78, 5) is 0.381. The van der Waals surface area contributed by atoms with E-state index in [0.717, 1.165) is 12.3 Å². The number of hydrogen-bond acceptors (Lipinski definition) is 2. The van der Waals surface area contributed by atoms with Gasteiger partial charge in [-0.1, -0.05) is 31.0 Å². The van der Waals surface area contributed by atoms with E-state index in [1.54, 1.807) is 24.3 Å². The molecule has 3 nitrogen and oxygen atoms in total. The van der Waals surface area contributed by atoms with E-state index in [0.29, 0.717) is 10.8 Å². The predicted octanol–water partition coefficient (Wildman–Crippen LogP) is 2.54. The molecular weight excluding hydrogens is 246 g/mol. The highest BCUT2D eigenvalue weighted by Gasteiger charge is 2.37. The summed E-state index contributed by atoms with van der Waals surface area (Å²) < 4.78 is 27.4. The number of hydrogen-bond donors (Lipinski definition) is 1. The van der Waals surface area contributed by atoms with Crippen molar-refractivity contribution < 1.29 is 8.42 Å². The second-order valence-electron chi connectivity index (χ2n) is 5.56. The summed E-state index contributed by atoms with van der Waals surface area (Å²) in [5, 5.41) is 0. The van der Waals surface area contributed by atoms with Crippen LogP contribution >= 0.6 is 0 Å². The summed E-state index contributed by atoms with van der Waals surface area (Å²) in [6.45, 7) is 0. The lowest BCUT2D eigenvalue weighted by Crippen LogP contribution is -2.46. The van der Waals surface area contributed by atoms with E-state index in [1.165, 1.54) is 25.7 Å². The molecule has 3 fully saturated rings. The van der Waals surface area contributed by atoms with E-state index < -0.39 is 10.0 Å². The van der Waals surface area contributed by atoms with Crippen molar-refractivity contribution in [2.24, 2.45) is 11.8 Å². The number of sulfonamides is 1. The Morgan fingerprint density at radius 3 is 2.22 bits per heavy atom. The van der Waals surface area contributed by atoms with Gasteiger partial charge >= 0.3 is 0 Å². The topological polar surface area (TPSA) is 46.2 Å². The standard InChI is InChI=1S/C14H19NO2S/c16-18(17,13-4-2-1-3-5-13)15-14-10-11-6-8-12(14)9-7-11/h1-5,11-12,14-15H,6-10H2. The van der Waals surface area contributed by atoms with Crippen LogP contribution in [0.3, 0.4) is 0 Å². The quantitative estimate of drug-likeness (QED) is 0.913. The summed E-state index contributed by atoms with van der Waals surface area (Å²) in [5.74, 6) is 1.28. The SMILES string of the molecule is O=S(=O)(NC1CC2CCC1CC2)c1ccccc1. The maximum atomic E-state index is 12.3. The largest absolute Gasteiger partial charge is 0.240 e. The fourth-order valence-corrected chi connectivity index (χ4v) is 4.73. The van der Waals surface area contributed by atoms with Crippen molar-refractivity contribution in [2.75, 3.05) is 0 Å². The molecule has 0 radical (unpaired) electrons. The highest BCUT2D eigenvalue weighted by molar-refractivity contribution is 7.89. The summed E-state index contributed by atoms with van der Waals surface area (Å²) in [5.41, 5.74) is 0. The van der Waals surface area contributed by atoms with Crippen LogP contribution < -0.4 is 4.72 Å². The fourth-order valence-electron chi connectivity index (χ4n) is 3.39. The van der Waals surface area contributed by atoms with Crippen LogP contribution in [0.5, 0.6) is 0 Å². The molecule has 1 unspecified atom stereocenters. The van der Waals surface area contributed by atoms with Crippen LogP contribution in [0.2, 0.25) is 0 Å². The normalized spacial score (nSPS) is 31.4. The van der Waals surface area contributed by atoms with E-state index in [1.807, 2.05) is 6.07 Å². The summed E-state index contributed by atoms with van der Waals surface area (Å²) in [6.07, 6.45) is 5.97. The Bertz CT molecular complexity index is 504. The zero-order chi connectivity index (χ0) is 12.6. The van der Waals surface area contributed by atoms with Crippen molar-refractivity contribution in [3.05, 3.63) is 30.3 Å². The molecular formula is C14H19NO2S. The van der Waals surface area contributed by atoms with Crippen LogP contribution in [0.15, 0.2) is 35.2 Å². The fraction of sp³-hybridized carbons (Fsp3) is 0.571. The molecule has 3 saturated carbocycles. The number of rotatable bonds is 3. The first-order valence-corrected chi connectivity index (χ1v) is 8.21. The molecule has 3 aliphatic carbocycles. The lowest BCUT2D eigenvalue weighted by atomic mass is 9.68. The molecule has 0 aliphatic heterocycles. The second-order valence-corrected chi connectivity index (χ2v) is 7.27. The molecule has 0 heterocycles. The van der Waals surface area contributed by atoms with Gasteiger partial charge in [0.15, 0.2) is 0 Å². The van der Waals surface area contributed by atoms with Crippen LogP contribution in [0.25, 0.3) is 0 Å². The number of fused-ring (bicyclic) bond motifs is 3. The van der Waals surface area contributed by atoms with Crippen molar-refractivity contribution >= 4 is 10.0 Å². The Morgan fingerprint density at radius 1 is 1.00 bits per heavy atom. The van der Waals surface area contributed by atoms with Gasteiger partial charge in [0.25, 0.3) is 0 Å². The first-order chi connectivity index (χ1) is 8.65. The molecule has 0 aromatic heterocycles. The number of nitrogens with one attached hydrogen (secondary N) is 1. The molecule has 0 spiro atoms. The zero-order valence-electron chi connectivity index (χ0n) is 10.4. The van der Waals surface area contributed by atoms with Crippen molar-refractivity contribution in [2.45, 2.75) is 43.0 Å². The first kappa shape index (κ1) is 12.2. The minimum absolute atomic E-state index is 0.155. The zero-order valence-corrected chi connectivity index (χ0v) is 11.2. The van der Waals surface area contributed by atoms with E-state index in [9.17, 15) is 8.42 Å². The van der Waals surface area contributed by atoms with Gasteiger partial charge in [-0.2, -0.15) is 0 Å². The first-order valence-electron chi connectivity index (χ1n) is 6.72. The molecule has 3 aliphatic rings. The van der Waals surface area contributed by atoms with Gasteiger partial charge in [-0.3, -0.25) is 0 Å². The minimum atomic E-state index is -3.33. The molecule has 4 heteroatoms. The predicted molar refractivity (Wildman–Crippen MR) is 70.6 cm³/mol. The van der Waals surface area contributed by atoms with Crippen molar-refractivity contribution in [3.63, 3.8) is 0 Å². The highest BCUT2D eigenvalue weighted by Crippen LogP contribution is 2.41. The Morgan fingerprint density at radius 2 is 1.67 bits per heavy atom. The van der Waals surface area contributed by atoms with E-state index in [2.05, 4.69) is 4.72 Å². The molecule has 4 rings (SSSR count). The number of benzene rings is 1. The lowest BCUT2D eigenvalue weighted by Gasteiger charge is -2.42. The Labute approximate surface area is 109 Å². The van der Waals surface area contributed by atoms with Gasteiger partial charge in [-0.05, 0) is 43.2 Å². The highest BCUT2D eigenvalue weighted by atomic mass is 32.2. The Balaban J connectivity index is 1.77. The van der Waals surface area contributed by atoms with Gasteiger partial charge in [-0.15, -0.1) is 0 Å². The van der Waals surface area contributed by atoms with E-state index in [-0.39, 0.29) is 6.04 Å². The molecule has 0 saturated heterocycles. The van der Waals surface area contributed by atoms with Crippen LogP contribution in [-0.4, -0.2) is 14.5 Å². The van der Waals surface area contributed by atoms with Gasteiger partial charge in [0, 0.05) is 6.04 Å². The van der Waals surface area contributed by atoms with E-state index in [4.69, 9.17) is 0 Å². The van der Waals surface area contributed by atoms with Crippen molar-refractivity contribution in [1.29, 1.82) is 0 Å². The Hall–Kier alpha value is -0.870. The summed E-state index contributed by atoms with van der Waals surface area (Å²) in [6, 6.07) is 8.83.